The van der Waals surface area contributed by atoms with Crippen LogP contribution in [0.2, 0.25) is 5.02 Å². The standard InChI is InChI=1S/C17H16ClNO2/c1-17(2,11-6-4-3-5-7-11)19-15(20)13-9-8-12(18)10-14(13)16(19)21/h3-10,16,21H,1-2H3. The van der Waals surface area contributed by atoms with Gasteiger partial charge in [-0.05, 0) is 37.6 Å². The minimum atomic E-state index is -0.985. The third-order valence-electron chi connectivity index (χ3n) is 4.07. The average Bonchev–Trinajstić information content (AvgIpc) is 2.71. The van der Waals surface area contributed by atoms with Gasteiger partial charge in [0.2, 0.25) is 0 Å². The number of carbonyl (C=O) groups is 1. The second-order valence-corrected chi connectivity index (χ2v) is 6.14. The zero-order valence-corrected chi connectivity index (χ0v) is 12.6. The number of hydrogen-bond acceptors (Lipinski definition) is 2. The number of hydrogen-bond donors (Lipinski definition) is 1. The lowest BCUT2D eigenvalue weighted by Gasteiger charge is -2.38. The van der Waals surface area contributed by atoms with Crippen molar-refractivity contribution in [3.63, 3.8) is 0 Å². The minimum Gasteiger partial charge on any atom is -0.369 e. The third kappa shape index (κ3) is 2.13. The van der Waals surface area contributed by atoms with Crippen LogP contribution in [0, 0.1) is 0 Å². The number of benzene rings is 2. The Hall–Kier alpha value is -1.84. The van der Waals surface area contributed by atoms with Crippen molar-refractivity contribution in [3.05, 3.63) is 70.2 Å². The highest BCUT2D eigenvalue weighted by Gasteiger charge is 2.44. The van der Waals surface area contributed by atoms with Crippen molar-refractivity contribution < 1.29 is 9.90 Å². The molecule has 3 nitrogen and oxygen atoms in total. The number of carbonyl (C=O) groups excluding carboxylic acids is 1. The van der Waals surface area contributed by atoms with Crippen LogP contribution in [0.3, 0.4) is 0 Å². The second kappa shape index (κ2) is 4.86. The van der Waals surface area contributed by atoms with Crippen molar-refractivity contribution in [1.82, 2.24) is 4.90 Å². The van der Waals surface area contributed by atoms with Crippen molar-refractivity contribution in [1.29, 1.82) is 0 Å². The first-order valence-electron chi connectivity index (χ1n) is 6.79. The summed E-state index contributed by atoms with van der Waals surface area (Å²) in [4.78, 5) is 14.2. The van der Waals surface area contributed by atoms with Crippen molar-refractivity contribution in [2.75, 3.05) is 0 Å². The van der Waals surface area contributed by atoms with Crippen molar-refractivity contribution >= 4 is 17.5 Å². The third-order valence-corrected chi connectivity index (χ3v) is 4.30. The number of fused-ring (bicyclic) bond motifs is 1. The summed E-state index contributed by atoms with van der Waals surface area (Å²) in [6.07, 6.45) is -0.985. The van der Waals surface area contributed by atoms with E-state index in [0.717, 1.165) is 5.56 Å². The molecule has 21 heavy (non-hydrogen) atoms. The molecule has 0 aromatic heterocycles. The number of halogens is 1. The maximum absolute atomic E-state index is 12.7. The number of rotatable bonds is 2. The highest BCUT2D eigenvalue weighted by atomic mass is 35.5. The molecule has 0 spiro atoms. The predicted molar refractivity (Wildman–Crippen MR) is 82.0 cm³/mol. The lowest BCUT2D eigenvalue weighted by molar-refractivity contribution is -0.0305. The summed E-state index contributed by atoms with van der Waals surface area (Å²) >= 11 is 5.97. The van der Waals surface area contributed by atoms with Gasteiger partial charge in [0, 0.05) is 16.1 Å². The number of nitrogens with zero attached hydrogens (tertiary/aromatic N) is 1. The summed E-state index contributed by atoms with van der Waals surface area (Å²) in [5, 5.41) is 11.1. The van der Waals surface area contributed by atoms with Crippen molar-refractivity contribution in [2.24, 2.45) is 0 Å². The van der Waals surface area contributed by atoms with Crippen molar-refractivity contribution in [2.45, 2.75) is 25.6 Å². The first kappa shape index (κ1) is 14.1. The fourth-order valence-electron chi connectivity index (χ4n) is 2.87. The van der Waals surface area contributed by atoms with E-state index in [1.54, 1.807) is 18.2 Å². The van der Waals surface area contributed by atoms with Gasteiger partial charge >= 0.3 is 0 Å². The van der Waals surface area contributed by atoms with Crippen LogP contribution in [0.5, 0.6) is 0 Å². The Balaban J connectivity index is 2.07. The molecule has 0 saturated carbocycles. The number of aliphatic hydroxyl groups is 1. The molecule has 0 bridgehead atoms. The second-order valence-electron chi connectivity index (χ2n) is 5.71. The fraction of sp³-hybridized carbons (Fsp3) is 0.235. The van der Waals surface area contributed by atoms with Gasteiger partial charge in [-0.1, -0.05) is 41.9 Å². The topological polar surface area (TPSA) is 40.5 Å². The van der Waals surface area contributed by atoms with Gasteiger partial charge < -0.3 is 5.11 Å². The van der Waals surface area contributed by atoms with Gasteiger partial charge in [-0.3, -0.25) is 9.69 Å². The van der Waals surface area contributed by atoms with E-state index in [0.29, 0.717) is 16.1 Å². The molecule has 3 rings (SSSR count). The molecular weight excluding hydrogens is 286 g/mol. The summed E-state index contributed by atoms with van der Waals surface area (Å²) in [5.41, 5.74) is 1.42. The number of amides is 1. The molecule has 2 aromatic rings. The van der Waals surface area contributed by atoms with Gasteiger partial charge in [0.25, 0.3) is 5.91 Å². The molecule has 1 N–H and O–H groups in total. The fourth-order valence-corrected chi connectivity index (χ4v) is 3.05. The molecule has 0 radical (unpaired) electrons. The first-order valence-corrected chi connectivity index (χ1v) is 7.17. The van der Waals surface area contributed by atoms with Crippen LogP contribution >= 0.6 is 11.6 Å². The monoisotopic (exact) mass is 301 g/mol. The molecule has 0 fully saturated rings. The lowest BCUT2D eigenvalue weighted by Crippen LogP contribution is -2.44. The molecule has 1 atom stereocenters. The molecule has 0 saturated heterocycles. The van der Waals surface area contributed by atoms with E-state index in [1.807, 2.05) is 44.2 Å². The summed E-state index contributed by atoms with van der Waals surface area (Å²) in [6, 6.07) is 14.7. The lowest BCUT2D eigenvalue weighted by atomic mass is 9.92. The SMILES string of the molecule is CC(C)(c1ccccc1)N1C(=O)c2ccc(Cl)cc2C1O. The maximum atomic E-state index is 12.7. The van der Waals surface area contributed by atoms with Gasteiger partial charge in [-0.15, -0.1) is 0 Å². The average molecular weight is 302 g/mol. The van der Waals surface area contributed by atoms with Crippen LogP contribution in [-0.4, -0.2) is 15.9 Å². The van der Waals surface area contributed by atoms with Crippen LogP contribution in [-0.2, 0) is 5.54 Å². The van der Waals surface area contributed by atoms with E-state index in [1.165, 1.54) is 4.90 Å². The van der Waals surface area contributed by atoms with Crippen molar-refractivity contribution in [3.8, 4) is 0 Å². The summed E-state index contributed by atoms with van der Waals surface area (Å²) in [5.74, 6) is -0.178. The van der Waals surface area contributed by atoms with Crippen LogP contribution in [0.1, 0.15) is 41.6 Å². The van der Waals surface area contributed by atoms with Gasteiger partial charge in [0.15, 0.2) is 6.23 Å². The zero-order valence-electron chi connectivity index (χ0n) is 11.9. The molecule has 1 unspecified atom stereocenters. The summed E-state index contributed by atoms with van der Waals surface area (Å²) < 4.78 is 0. The Bertz CT molecular complexity index is 697. The van der Waals surface area contributed by atoms with E-state index >= 15 is 0 Å². The predicted octanol–water partition coefficient (Wildman–Crippen LogP) is 3.72. The van der Waals surface area contributed by atoms with Gasteiger partial charge in [-0.25, -0.2) is 0 Å². The smallest absolute Gasteiger partial charge is 0.257 e. The van der Waals surface area contributed by atoms with E-state index in [2.05, 4.69) is 0 Å². The van der Waals surface area contributed by atoms with E-state index in [9.17, 15) is 9.90 Å². The van der Waals surface area contributed by atoms with Crippen LogP contribution in [0.25, 0.3) is 0 Å². The largest absolute Gasteiger partial charge is 0.369 e. The molecule has 0 aliphatic carbocycles. The molecule has 1 aliphatic heterocycles. The molecular formula is C17H16ClNO2. The van der Waals surface area contributed by atoms with Crippen LogP contribution < -0.4 is 0 Å². The Morgan fingerprint density at radius 3 is 2.48 bits per heavy atom. The van der Waals surface area contributed by atoms with E-state index in [4.69, 9.17) is 11.6 Å². The van der Waals surface area contributed by atoms with Crippen LogP contribution in [0.4, 0.5) is 0 Å². The van der Waals surface area contributed by atoms with E-state index in [-0.39, 0.29) is 5.91 Å². The maximum Gasteiger partial charge on any atom is 0.257 e. The zero-order chi connectivity index (χ0) is 15.2. The molecule has 1 amide bonds. The molecule has 2 aromatic carbocycles. The highest BCUT2D eigenvalue weighted by molar-refractivity contribution is 6.30. The Morgan fingerprint density at radius 1 is 1.14 bits per heavy atom. The van der Waals surface area contributed by atoms with Gasteiger partial charge in [0.05, 0.1) is 5.54 Å². The minimum absolute atomic E-state index is 0.178. The quantitative estimate of drug-likeness (QED) is 0.918. The molecule has 1 heterocycles. The van der Waals surface area contributed by atoms with Gasteiger partial charge in [0.1, 0.15) is 0 Å². The Morgan fingerprint density at radius 2 is 1.81 bits per heavy atom. The summed E-state index contributed by atoms with van der Waals surface area (Å²) in [6.45, 7) is 3.86. The Labute approximate surface area is 128 Å². The highest BCUT2D eigenvalue weighted by Crippen LogP contribution is 2.42. The number of aliphatic hydroxyl groups excluding tert-OH is 1. The van der Waals surface area contributed by atoms with E-state index < -0.39 is 11.8 Å². The summed E-state index contributed by atoms with van der Waals surface area (Å²) in [7, 11) is 0. The normalized spacial score (nSPS) is 18.0. The molecule has 4 heteroatoms. The van der Waals surface area contributed by atoms with Crippen LogP contribution in [0.15, 0.2) is 48.5 Å². The molecule has 1 aliphatic rings. The van der Waals surface area contributed by atoms with Gasteiger partial charge in [-0.2, -0.15) is 0 Å². The molecule has 108 valence electrons. The first-order chi connectivity index (χ1) is 9.93. The Kier molecular flexibility index (Phi) is 3.27.